The van der Waals surface area contributed by atoms with Gasteiger partial charge in [-0.25, -0.2) is 4.79 Å². The number of hydrogen-bond donors (Lipinski definition) is 1. The van der Waals surface area contributed by atoms with Gasteiger partial charge in [0.05, 0.1) is 16.3 Å². The van der Waals surface area contributed by atoms with Gasteiger partial charge in [-0.15, -0.1) is 0 Å². The molecule has 1 fully saturated rings. The van der Waals surface area contributed by atoms with E-state index in [1.54, 1.807) is 40.1 Å². The van der Waals surface area contributed by atoms with Crippen molar-refractivity contribution in [3.8, 4) is 0 Å². The van der Waals surface area contributed by atoms with Gasteiger partial charge in [0.2, 0.25) is 0 Å². The Morgan fingerprint density at radius 2 is 1.58 bits per heavy atom. The number of nitrogens with zero attached hydrogens (tertiary/aromatic N) is 2. The van der Waals surface area contributed by atoms with Crippen molar-refractivity contribution in [3.63, 3.8) is 0 Å². The summed E-state index contributed by atoms with van der Waals surface area (Å²) in [6, 6.07) is 12.1. The molecule has 0 unspecified atom stereocenters. The molecule has 1 aliphatic heterocycles. The SMILES string of the molecule is O=C(Nc1ccccc1Cl)N1CCN(c2ccccc2C(F)(F)F)CC1. The number of hydrogen-bond acceptors (Lipinski definition) is 2. The largest absolute Gasteiger partial charge is 0.418 e. The average Bonchev–Trinajstić information content (AvgIpc) is 2.63. The van der Waals surface area contributed by atoms with Crippen molar-refractivity contribution < 1.29 is 18.0 Å². The van der Waals surface area contributed by atoms with Crippen LogP contribution in [0.3, 0.4) is 0 Å². The number of urea groups is 1. The summed E-state index contributed by atoms with van der Waals surface area (Å²) in [4.78, 5) is 15.6. The van der Waals surface area contributed by atoms with Crippen LogP contribution >= 0.6 is 11.6 Å². The topological polar surface area (TPSA) is 35.6 Å². The third kappa shape index (κ3) is 4.04. The number of anilines is 2. The number of carbonyl (C=O) groups is 1. The molecule has 8 heteroatoms. The average molecular weight is 384 g/mol. The number of rotatable bonds is 2. The minimum atomic E-state index is -4.41. The van der Waals surface area contributed by atoms with E-state index in [1.165, 1.54) is 12.1 Å². The summed E-state index contributed by atoms with van der Waals surface area (Å²) in [6.45, 7) is 1.29. The van der Waals surface area contributed by atoms with Crippen molar-refractivity contribution in [3.05, 3.63) is 59.1 Å². The zero-order chi connectivity index (χ0) is 18.7. The summed E-state index contributed by atoms with van der Waals surface area (Å²) in [7, 11) is 0. The molecule has 2 amide bonds. The molecule has 2 aromatic carbocycles. The van der Waals surface area contributed by atoms with Crippen molar-refractivity contribution in [1.29, 1.82) is 0 Å². The van der Waals surface area contributed by atoms with E-state index in [2.05, 4.69) is 5.32 Å². The van der Waals surface area contributed by atoms with Crippen LogP contribution in [0, 0.1) is 0 Å². The standard InChI is InChI=1S/C18H17ClF3N3O/c19-14-6-2-3-7-15(14)23-17(26)25-11-9-24(10-12-25)16-8-4-1-5-13(16)18(20,21)22/h1-8H,9-12H2,(H,23,26). The highest BCUT2D eigenvalue weighted by Crippen LogP contribution is 2.36. The Bertz CT molecular complexity index is 789. The summed E-state index contributed by atoms with van der Waals surface area (Å²) < 4.78 is 39.5. The molecule has 0 radical (unpaired) electrons. The van der Waals surface area contributed by atoms with Crippen LogP contribution in [0.4, 0.5) is 29.3 Å². The van der Waals surface area contributed by atoms with Crippen molar-refractivity contribution in [2.75, 3.05) is 36.4 Å². The predicted molar refractivity (Wildman–Crippen MR) is 95.7 cm³/mol. The molecule has 4 nitrogen and oxygen atoms in total. The van der Waals surface area contributed by atoms with Gasteiger partial charge in [-0.3, -0.25) is 0 Å². The van der Waals surface area contributed by atoms with Gasteiger partial charge in [0.15, 0.2) is 0 Å². The van der Waals surface area contributed by atoms with Crippen LogP contribution in [0.5, 0.6) is 0 Å². The van der Waals surface area contributed by atoms with Crippen molar-refractivity contribution in [2.24, 2.45) is 0 Å². The van der Waals surface area contributed by atoms with Crippen LogP contribution in [0.25, 0.3) is 0 Å². The summed E-state index contributed by atoms with van der Waals surface area (Å²) in [6.07, 6.45) is -4.41. The van der Waals surface area contributed by atoms with Gasteiger partial charge in [-0.1, -0.05) is 35.9 Å². The molecule has 2 aromatic rings. The molecule has 1 N–H and O–H groups in total. The van der Waals surface area contributed by atoms with Crippen LogP contribution in [-0.4, -0.2) is 37.1 Å². The molecule has 0 aliphatic carbocycles. The monoisotopic (exact) mass is 383 g/mol. The van der Waals surface area contributed by atoms with E-state index in [-0.39, 0.29) is 11.7 Å². The highest BCUT2D eigenvalue weighted by atomic mass is 35.5. The molecular formula is C18H17ClF3N3O. The Morgan fingerprint density at radius 3 is 2.23 bits per heavy atom. The van der Waals surface area contributed by atoms with Crippen LogP contribution < -0.4 is 10.2 Å². The summed E-state index contributed by atoms with van der Waals surface area (Å²) in [5.41, 5.74) is -0.0101. The maximum absolute atomic E-state index is 13.2. The van der Waals surface area contributed by atoms with Gasteiger partial charge in [0, 0.05) is 31.9 Å². The number of benzene rings is 2. The van der Waals surface area contributed by atoms with Crippen LogP contribution in [-0.2, 0) is 6.18 Å². The lowest BCUT2D eigenvalue weighted by Crippen LogP contribution is -2.50. The molecule has 1 aliphatic rings. The first-order chi connectivity index (χ1) is 12.4. The summed E-state index contributed by atoms with van der Waals surface area (Å²) >= 11 is 6.02. The molecule has 26 heavy (non-hydrogen) atoms. The number of para-hydroxylation sites is 2. The van der Waals surface area contributed by atoms with Crippen molar-refractivity contribution >= 4 is 29.0 Å². The highest BCUT2D eigenvalue weighted by molar-refractivity contribution is 6.33. The summed E-state index contributed by atoms with van der Waals surface area (Å²) in [5.74, 6) is 0. The fourth-order valence-electron chi connectivity index (χ4n) is 2.90. The quantitative estimate of drug-likeness (QED) is 0.815. The Balaban J connectivity index is 1.65. The second-order valence-corrected chi connectivity index (χ2v) is 6.31. The zero-order valence-corrected chi connectivity index (χ0v) is 14.5. The fraction of sp³-hybridized carbons (Fsp3) is 0.278. The maximum atomic E-state index is 13.2. The van der Waals surface area contributed by atoms with Crippen molar-refractivity contribution in [2.45, 2.75) is 6.18 Å². The minimum absolute atomic E-state index is 0.145. The predicted octanol–water partition coefficient (Wildman–Crippen LogP) is 4.71. The molecule has 3 rings (SSSR count). The number of amides is 2. The van der Waals surface area contributed by atoms with Crippen LogP contribution in [0.2, 0.25) is 5.02 Å². The third-order valence-electron chi connectivity index (χ3n) is 4.23. The first-order valence-electron chi connectivity index (χ1n) is 8.08. The molecule has 1 saturated heterocycles. The first-order valence-corrected chi connectivity index (χ1v) is 8.45. The number of alkyl halides is 3. The maximum Gasteiger partial charge on any atom is 0.418 e. The normalized spacial score (nSPS) is 15.1. The second-order valence-electron chi connectivity index (χ2n) is 5.90. The molecule has 0 aromatic heterocycles. The molecule has 1 heterocycles. The lowest BCUT2D eigenvalue weighted by atomic mass is 10.1. The molecule has 0 spiro atoms. The van der Waals surface area contributed by atoms with Crippen molar-refractivity contribution in [1.82, 2.24) is 4.90 Å². The van der Waals surface area contributed by atoms with Gasteiger partial charge < -0.3 is 15.1 Å². The number of piperazine rings is 1. The Hall–Kier alpha value is -2.41. The van der Waals surface area contributed by atoms with E-state index >= 15 is 0 Å². The van der Waals surface area contributed by atoms with Gasteiger partial charge in [-0.2, -0.15) is 13.2 Å². The lowest BCUT2D eigenvalue weighted by molar-refractivity contribution is -0.137. The molecule has 0 bridgehead atoms. The second kappa shape index (κ2) is 7.45. The molecule has 0 atom stereocenters. The van der Waals surface area contributed by atoms with Crippen LogP contribution in [0.15, 0.2) is 48.5 Å². The number of nitrogens with one attached hydrogen (secondary N) is 1. The zero-order valence-electron chi connectivity index (χ0n) is 13.8. The van der Waals surface area contributed by atoms with Crippen LogP contribution in [0.1, 0.15) is 5.56 Å². The molecular weight excluding hydrogens is 367 g/mol. The highest BCUT2D eigenvalue weighted by Gasteiger charge is 2.35. The van der Waals surface area contributed by atoms with E-state index in [9.17, 15) is 18.0 Å². The fourth-order valence-corrected chi connectivity index (χ4v) is 3.08. The Morgan fingerprint density at radius 1 is 0.962 bits per heavy atom. The van der Waals surface area contributed by atoms with Gasteiger partial charge in [-0.05, 0) is 24.3 Å². The van der Waals surface area contributed by atoms with E-state index in [4.69, 9.17) is 11.6 Å². The smallest absolute Gasteiger partial charge is 0.367 e. The van der Waals surface area contributed by atoms with E-state index in [1.807, 2.05) is 0 Å². The minimum Gasteiger partial charge on any atom is -0.367 e. The van der Waals surface area contributed by atoms with Gasteiger partial charge in [0.1, 0.15) is 0 Å². The van der Waals surface area contributed by atoms with E-state index in [0.717, 1.165) is 6.07 Å². The number of halogens is 4. The van der Waals surface area contributed by atoms with Gasteiger partial charge in [0.25, 0.3) is 0 Å². The Labute approximate surface area is 154 Å². The first kappa shape index (κ1) is 18.4. The van der Waals surface area contributed by atoms with E-state index in [0.29, 0.717) is 36.9 Å². The third-order valence-corrected chi connectivity index (χ3v) is 4.56. The molecule has 0 saturated carbocycles. The Kier molecular flexibility index (Phi) is 5.27. The lowest BCUT2D eigenvalue weighted by Gasteiger charge is -2.37. The van der Waals surface area contributed by atoms with Gasteiger partial charge >= 0.3 is 12.2 Å². The molecule has 138 valence electrons. The summed E-state index contributed by atoms with van der Waals surface area (Å²) in [5, 5.41) is 3.16. The number of carbonyl (C=O) groups excluding carboxylic acids is 1. The van der Waals surface area contributed by atoms with E-state index < -0.39 is 11.7 Å².